The lowest BCUT2D eigenvalue weighted by Gasteiger charge is -2.11. The first-order valence-corrected chi connectivity index (χ1v) is 9.59. The van der Waals surface area contributed by atoms with Crippen molar-refractivity contribution in [2.75, 3.05) is 10.6 Å². The van der Waals surface area contributed by atoms with E-state index in [1.165, 1.54) is 0 Å². The number of benzene rings is 2. The Balaban J connectivity index is 1.59. The average Bonchev–Trinajstić information content (AvgIpc) is 2.99. The quantitative estimate of drug-likeness (QED) is 0.478. The maximum Gasteiger partial charge on any atom is 0.323 e. The third-order valence-corrected chi connectivity index (χ3v) is 4.89. The predicted molar refractivity (Wildman–Crippen MR) is 117 cm³/mol. The van der Waals surface area contributed by atoms with Gasteiger partial charge in [-0.15, -0.1) is 0 Å². The fourth-order valence-corrected chi connectivity index (χ4v) is 3.27. The van der Waals surface area contributed by atoms with Crippen LogP contribution < -0.4 is 10.6 Å². The fraction of sp³-hybridized carbons (Fsp3) is 0.136. The van der Waals surface area contributed by atoms with Crippen molar-refractivity contribution in [3.05, 3.63) is 82.8 Å². The van der Waals surface area contributed by atoms with E-state index in [0.29, 0.717) is 17.3 Å². The molecule has 0 saturated heterocycles. The van der Waals surface area contributed by atoms with Crippen LogP contribution in [0.15, 0.2) is 60.7 Å². The van der Waals surface area contributed by atoms with Gasteiger partial charge in [0.25, 0.3) is 0 Å². The number of halogens is 1. The molecule has 0 aliphatic carbocycles. The molecule has 0 aliphatic heterocycles. The second kappa shape index (κ2) is 7.93. The van der Waals surface area contributed by atoms with E-state index in [1.54, 1.807) is 0 Å². The number of hydrogen-bond donors (Lipinski definition) is 2. The van der Waals surface area contributed by atoms with Gasteiger partial charge in [-0.1, -0.05) is 41.9 Å². The van der Waals surface area contributed by atoms with Crippen LogP contribution >= 0.6 is 11.6 Å². The van der Waals surface area contributed by atoms with Crippen LogP contribution in [0.5, 0.6) is 0 Å². The smallest absolute Gasteiger partial charge is 0.308 e. The minimum absolute atomic E-state index is 0.322. The van der Waals surface area contributed by atoms with E-state index >= 15 is 0 Å². The lowest BCUT2D eigenvalue weighted by Crippen LogP contribution is -2.20. The minimum Gasteiger partial charge on any atom is -0.308 e. The highest BCUT2D eigenvalue weighted by atomic mass is 35.5. The zero-order valence-electron chi connectivity index (χ0n) is 16.1. The van der Waals surface area contributed by atoms with E-state index in [1.807, 2.05) is 74.5 Å². The Labute approximate surface area is 173 Å². The number of amides is 2. The van der Waals surface area contributed by atoms with Gasteiger partial charge < -0.3 is 15.2 Å². The Morgan fingerprint density at radius 2 is 1.72 bits per heavy atom. The standard InChI is InChI=1S/C22H20ClN5O/c1-14-19(27-22(29)26-18-6-4-3-5-7-18)12-20-21(24-14)28(15(2)25-20)13-16-8-10-17(23)11-9-16/h3-12H,13H2,1-2H3,(H2,26,27,29). The van der Waals surface area contributed by atoms with Crippen LogP contribution in [0.1, 0.15) is 17.1 Å². The molecule has 0 saturated carbocycles. The molecule has 4 aromatic rings. The molecule has 2 N–H and O–H groups in total. The van der Waals surface area contributed by atoms with Crippen molar-refractivity contribution in [1.29, 1.82) is 0 Å². The maximum absolute atomic E-state index is 12.3. The van der Waals surface area contributed by atoms with Crippen molar-refractivity contribution < 1.29 is 4.79 Å². The Bertz CT molecular complexity index is 1170. The van der Waals surface area contributed by atoms with Crippen molar-refractivity contribution in [3.8, 4) is 0 Å². The van der Waals surface area contributed by atoms with E-state index in [2.05, 4.69) is 20.2 Å². The molecule has 2 heterocycles. The van der Waals surface area contributed by atoms with E-state index in [-0.39, 0.29) is 6.03 Å². The second-order valence-electron chi connectivity index (χ2n) is 6.78. The average molecular weight is 406 g/mol. The number of carbonyl (C=O) groups is 1. The number of pyridine rings is 1. The van der Waals surface area contributed by atoms with Gasteiger partial charge in [0, 0.05) is 10.7 Å². The Morgan fingerprint density at radius 1 is 1.00 bits per heavy atom. The van der Waals surface area contributed by atoms with Crippen molar-refractivity contribution in [2.45, 2.75) is 20.4 Å². The number of rotatable bonds is 4. The third-order valence-electron chi connectivity index (χ3n) is 4.64. The van der Waals surface area contributed by atoms with Crippen molar-refractivity contribution in [1.82, 2.24) is 14.5 Å². The molecule has 7 heteroatoms. The Hall–Kier alpha value is -3.38. The van der Waals surface area contributed by atoms with Crippen LogP contribution in [0.4, 0.5) is 16.2 Å². The first kappa shape index (κ1) is 19.0. The number of hydrogen-bond acceptors (Lipinski definition) is 3. The van der Waals surface area contributed by atoms with Crippen LogP contribution in [0.2, 0.25) is 5.02 Å². The summed E-state index contributed by atoms with van der Waals surface area (Å²) in [4.78, 5) is 21.6. The summed E-state index contributed by atoms with van der Waals surface area (Å²) in [6, 6.07) is 18.5. The van der Waals surface area contributed by atoms with Crippen LogP contribution in [0.25, 0.3) is 11.2 Å². The molecule has 0 bridgehead atoms. The first-order chi connectivity index (χ1) is 14.0. The van der Waals surface area contributed by atoms with Crippen LogP contribution in [0, 0.1) is 13.8 Å². The maximum atomic E-state index is 12.3. The van der Waals surface area contributed by atoms with Gasteiger partial charge in [0.2, 0.25) is 0 Å². The largest absolute Gasteiger partial charge is 0.323 e. The third kappa shape index (κ3) is 4.22. The van der Waals surface area contributed by atoms with Crippen LogP contribution in [-0.4, -0.2) is 20.6 Å². The number of aromatic nitrogens is 3. The normalized spacial score (nSPS) is 10.9. The minimum atomic E-state index is -0.322. The summed E-state index contributed by atoms with van der Waals surface area (Å²) >= 11 is 5.98. The molecule has 0 spiro atoms. The monoisotopic (exact) mass is 405 g/mol. The van der Waals surface area contributed by atoms with E-state index in [9.17, 15) is 4.79 Å². The van der Waals surface area contributed by atoms with Gasteiger partial charge in [0.15, 0.2) is 5.65 Å². The topological polar surface area (TPSA) is 71.8 Å². The van der Waals surface area contributed by atoms with Gasteiger partial charge in [0.1, 0.15) is 11.3 Å². The number of fused-ring (bicyclic) bond motifs is 1. The first-order valence-electron chi connectivity index (χ1n) is 9.21. The summed E-state index contributed by atoms with van der Waals surface area (Å²) in [5, 5.41) is 6.37. The summed E-state index contributed by atoms with van der Waals surface area (Å²) in [6.45, 7) is 4.46. The molecule has 6 nitrogen and oxygen atoms in total. The summed E-state index contributed by atoms with van der Waals surface area (Å²) in [5.41, 5.74) is 4.70. The second-order valence-corrected chi connectivity index (χ2v) is 7.22. The molecule has 29 heavy (non-hydrogen) atoms. The highest BCUT2D eigenvalue weighted by molar-refractivity contribution is 6.30. The molecule has 0 fully saturated rings. The molecule has 2 aromatic heterocycles. The molecule has 2 amide bonds. The van der Waals surface area contributed by atoms with Crippen molar-refractivity contribution >= 4 is 40.2 Å². The molecular weight excluding hydrogens is 386 g/mol. The fourth-order valence-electron chi connectivity index (χ4n) is 3.15. The molecule has 2 aromatic carbocycles. The van der Waals surface area contributed by atoms with Crippen LogP contribution in [0.3, 0.4) is 0 Å². The van der Waals surface area contributed by atoms with E-state index in [0.717, 1.165) is 33.9 Å². The van der Waals surface area contributed by atoms with Gasteiger partial charge in [-0.3, -0.25) is 0 Å². The lowest BCUT2D eigenvalue weighted by atomic mass is 10.2. The van der Waals surface area contributed by atoms with Gasteiger partial charge in [-0.25, -0.2) is 14.8 Å². The number of nitrogens with one attached hydrogen (secondary N) is 2. The number of nitrogens with zero attached hydrogens (tertiary/aromatic N) is 3. The predicted octanol–water partition coefficient (Wildman–Crippen LogP) is 5.39. The van der Waals surface area contributed by atoms with E-state index < -0.39 is 0 Å². The molecule has 0 atom stereocenters. The molecule has 146 valence electrons. The number of carbonyl (C=O) groups excluding carboxylic acids is 1. The summed E-state index contributed by atoms with van der Waals surface area (Å²) in [7, 11) is 0. The van der Waals surface area contributed by atoms with Gasteiger partial charge in [-0.2, -0.15) is 0 Å². The molecular formula is C22H20ClN5O. The van der Waals surface area contributed by atoms with Crippen molar-refractivity contribution in [2.24, 2.45) is 0 Å². The number of imidazole rings is 1. The molecule has 0 radical (unpaired) electrons. The number of para-hydroxylation sites is 1. The summed E-state index contributed by atoms with van der Waals surface area (Å²) < 4.78 is 2.05. The summed E-state index contributed by atoms with van der Waals surface area (Å²) in [6.07, 6.45) is 0. The lowest BCUT2D eigenvalue weighted by molar-refractivity contribution is 0.262. The SMILES string of the molecule is Cc1nc2c(cc1NC(=O)Nc1ccccc1)nc(C)n2Cc1ccc(Cl)cc1. The van der Waals surface area contributed by atoms with Gasteiger partial charge >= 0.3 is 6.03 Å². The zero-order chi connectivity index (χ0) is 20.4. The van der Waals surface area contributed by atoms with Gasteiger partial charge in [-0.05, 0) is 49.7 Å². The highest BCUT2D eigenvalue weighted by Crippen LogP contribution is 2.23. The zero-order valence-corrected chi connectivity index (χ0v) is 16.9. The highest BCUT2D eigenvalue weighted by Gasteiger charge is 2.14. The summed E-state index contributed by atoms with van der Waals surface area (Å²) in [5.74, 6) is 0.854. The van der Waals surface area contributed by atoms with E-state index in [4.69, 9.17) is 16.6 Å². The van der Waals surface area contributed by atoms with Gasteiger partial charge in [0.05, 0.1) is 17.9 Å². The number of aryl methyl sites for hydroxylation is 2. The van der Waals surface area contributed by atoms with Crippen molar-refractivity contribution in [3.63, 3.8) is 0 Å². The number of urea groups is 1. The molecule has 0 unspecified atom stereocenters. The Kier molecular flexibility index (Phi) is 5.18. The molecule has 4 rings (SSSR count). The molecule has 0 aliphatic rings. The Morgan fingerprint density at radius 3 is 2.45 bits per heavy atom. The van der Waals surface area contributed by atoms with Crippen LogP contribution in [-0.2, 0) is 6.54 Å². The number of anilines is 2.